The Hall–Kier alpha value is -1.75. The second kappa shape index (κ2) is 8.52. The molecule has 118 valence electrons. The Morgan fingerprint density at radius 3 is 2.67 bits per heavy atom. The molecule has 0 saturated heterocycles. The van der Waals surface area contributed by atoms with Crippen LogP contribution in [0.5, 0.6) is 5.75 Å². The van der Waals surface area contributed by atoms with Crippen LogP contribution in [0.25, 0.3) is 0 Å². The quantitative estimate of drug-likeness (QED) is 0.724. The minimum Gasteiger partial charge on any atom is -0.494 e. The van der Waals surface area contributed by atoms with E-state index in [9.17, 15) is 9.90 Å². The second-order valence-electron chi connectivity index (χ2n) is 5.53. The van der Waals surface area contributed by atoms with Gasteiger partial charge in [0.2, 0.25) is 0 Å². The lowest BCUT2D eigenvalue weighted by Crippen LogP contribution is -2.35. The first-order valence-electron chi connectivity index (χ1n) is 7.38. The molecule has 0 radical (unpaired) electrons. The highest BCUT2D eigenvalue weighted by Crippen LogP contribution is 2.21. The zero-order chi connectivity index (χ0) is 15.8. The van der Waals surface area contributed by atoms with Crippen LogP contribution in [-0.2, 0) is 0 Å². The summed E-state index contributed by atoms with van der Waals surface area (Å²) in [6.07, 6.45) is 0.153. The highest BCUT2D eigenvalue weighted by Gasteiger charge is 2.09. The van der Waals surface area contributed by atoms with Gasteiger partial charge in [-0.05, 0) is 49.9 Å². The van der Waals surface area contributed by atoms with Crippen molar-refractivity contribution in [1.82, 2.24) is 5.32 Å². The van der Waals surface area contributed by atoms with Gasteiger partial charge in [-0.15, -0.1) is 0 Å². The van der Waals surface area contributed by atoms with Gasteiger partial charge in [-0.25, -0.2) is 4.79 Å². The van der Waals surface area contributed by atoms with Gasteiger partial charge in [0.25, 0.3) is 0 Å². The van der Waals surface area contributed by atoms with Crippen LogP contribution in [0.3, 0.4) is 0 Å². The van der Waals surface area contributed by atoms with Crippen molar-refractivity contribution in [2.75, 3.05) is 18.5 Å². The maximum Gasteiger partial charge on any atom is 0.319 e. The number of aliphatic hydroxyl groups is 1. The van der Waals surface area contributed by atoms with Crippen molar-refractivity contribution < 1.29 is 14.6 Å². The number of urea groups is 1. The Balaban J connectivity index is 2.46. The van der Waals surface area contributed by atoms with Crippen molar-refractivity contribution >= 4 is 11.7 Å². The van der Waals surface area contributed by atoms with E-state index >= 15 is 0 Å². The highest BCUT2D eigenvalue weighted by molar-refractivity contribution is 5.89. The molecule has 1 rings (SSSR count). The molecule has 0 aliphatic heterocycles. The molecular weight excluding hydrogens is 268 g/mol. The SMILES string of the molecule is CCOc1ccc(NC(=O)NCC(O)CC(C)C)cc1C. The normalized spacial score (nSPS) is 12.1. The van der Waals surface area contributed by atoms with E-state index in [2.05, 4.69) is 10.6 Å². The molecule has 0 aliphatic rings. The minimum absolute atomic E-state index is 0.250. The number of amides is 2. The van der Waals surface area contributed by atoms with E-state index < -0.39 is 6.10 Å². The van der Waals surface area contributed by atoms with E-state index in [4.69, 9.17) is 4.74 Å². The van der Waals surface area contributed by atoms with Crippen LogP contribution >= 0.6 is 0 Å². The summed E-state index contributed by atoms with van der Waals surface area (Å²) in [5, 5.41) is 15.1. The molecule has 5 heteroatoms. The summed E-state index contributed by atoms with van der Waals surface area (Å²) >= 11 is 0. The van der Waals surface area contributed by atoms with E-state index in [0.29, 0.717) is 24.6 Å². The van der Waals surface area contributed by atoms with Crippen LogP contribution < -0.4 is 15.4 Å². The van der Waals surface area contributed by atoms with Crippen LogP contribution in [0.4, 0.5) is 10.5 Å². The molecule has 0 aliphatic carbocycles. The number of aryl methyl sites for hydroxylation is 1. The molecule has 0 saturated carbocycles. The van der Waals surface area contributed by atoms with Crippen molar-refractivity contribution in [3.63, 3.8) is 0 Å². The van der Waals surface area contributed by atoms with Crippen molar-refractivity contribution in [2.45, 2.75) is 40.2 Å². The molecule has 1 atom stereocenters. The fourth-order valence-corrected chi connectivity index (χ4v) is 2.06. The summed E-state index contributed by atoms with van der Waals surface area (Å²) in [4.78, 5) is 11.8. The van der Waals surface area contributed by atoms with Crippen LogP contribution in [0.2, 0.25) is 0 Å². The van der Waals surface area contributed by atoms with Gasteiger partial charge in [0, 0.05) is 12.2 Å². The first kappa shape index (κ1) is 17.3. The first-order chi connectivity index (χ1) is 9.92. The second-order valence-corrected chi connectivity index (χ2v) is 5.53. The number of rotatable bonds is 7. The van der Waals surface area contributed by atoms with Gasteiger partial charge in [-0.1, -0.05) is 13.8 Å². The molecule has 0 spiro atoms. The molecule has 1 unspecified atom stereocenters. The van der Waals surface area contributed by atoms with E-state index in [1.165, 1.54) is 0 Å². The molecule has 3 N–H and O–H groups in total. The van der Waals surface area contributed by atoms with Crippen molar-refractivity contribution in [1.29, 1.82) is 0 Å². The molecule has 0 heterocycles. The molecule has 1 aromatic rings. The van der Waals surface area contributed by atoms with Gasteiger partial charge in [0.15, 0.2) is 0 Å². The zero-order valence-corrected chi connectivity index (χ0v) is 13.3. The Labute approximate surface area is 126 Å². The standard InChI is InChI=1S/C16H26N2O3/c1-5-21-15-7-6-13(9-12(15)4)18-16(20)17-10-14(19)8-11(2)3/h6-7,9,11,14,19H,5,8,10H2,1-4H3,(H2,17,18,20). The van der Waals surface area contributed by atoms with Crippen LogP contribution in [0.1, 0.15) is 32.8 Å². The smallest absolute Gasteiger partial charge is 0.319 e. The Bertz CT molecular complexity index is 461. The fourth-order valence-electron chi connectivity index (χ4n) is 2.06. The molecule has 21 heavy (non-hydrogen) atoms. The number of ether oxygens (including phenoxy) is 1. The largest absolute Gasteiger partial charge is 0.494 e. The van der Waals surface area contributed by atoms with E-state index in [0.717, 1.165) is 11.3 Å². The van der Waals surface area contributed by atoms with Crippen LogP contribution in [-0.4, -0.2) is 30.4 Å². The van der Waals surface area contributed by atoms with Gasteiger partial charge in [0.1, 0.15) is 5.75 Å². The monoisotopic (exact) mass is 294 g/mol. The van der Waals surface area contributed by atoms with Crippen LogP contribution in [0.15, 0.2) is 18.2 Å². The fraction of sp³-hybridized carbons (Fsp3) is 0.562. The number of nitrogens with one attached hydrogen (secondary N) is 2. The Kier molecular flexibility index (Phi) is 7.02. The third kappa shape index (κ3) is 6.49. The molecule has 1 aromatic carbocycles. The summed E-state index contributed by atoms with van der Waals surface area (Å²) in [7, 11) is 0. The topological polar surface area (TPSA) is 70.6 Å². The van der Waals surface area contributed by atoms with Gasteiger partial charge < -0.3 is 20.5 Å². The third-order valence-corrected chi connectivity index (χ3v) is 2.97. The average molecular weight is 294 g/mol. The van der Waals surface area contributed by atoms with Crippen molar-refractivity contribution in [3.8, 4) is 5.75 Å². The summed E-state index contributed by atoms with van der Waals surface area (Å²) in [5.41, 5.74) is 1.67. The number of hydrogen-bond acceptors (Lipinski definition) is 3. The third-order valence-electron chi connectivity index (χ3n) is 2.97. The molecule has 5 nitrogen and oxygen atoms in total. The average Bonchev–Trinajstić information content (AvgIpc) is 2.39. The number of carbonyl (C=O) groups is 1. The van der Waals surface area contributed by atoms with Gasteiger partial charge >= 0.3 is 6.03 Å². The maximum atomic E-state index is 11.8. The van der Waals surface area contributed by atoms with Crippen molar-refractivity contribution in [2.24, 2.45) is 5.92 Å². The molecule has 0 fully saturated rings. The predicted molar refractivity (Wildman–Crippen MR) is 84.8 cm³/mol. The number of hydrogen-bond donors (Lipinski definition) is 3. The molecule has 0 bridgehead atoms. The predicted octanol–water partition coefficient (Wildman–Crippen LogP) is 2.92. The molecule has 0 aromatic heterocycles. The lowest BCUT2D eigenvalue weighted by atomic mass is 10.1. The number of anilines is 1. The minimum atomic E-state index is -0.516. The lowest BCUT2D eigenvalue weighted by Gasteiger charge is -2.15. The highest BCUT2D eigenvalue weighted by atomic mass is 16.5. The van der Waals surface area contributed by atoms with Crippen molar-refractivity contribution in [3.05, 3.63) is 23.8 Å². The first-order valence-corrected chi connectivity index (χ1v) is 7.38. The van der Waals surface area contributed by atoms with E-state index in [-0.39, 0.29) is 12.6 Å². The van der Waals surface area contributed by atoms with Crippen LogP contribution in [0, 0.1) is 12.8 Å². The molecular formula is C16H26N2O3. The van der Waals surface area contributed by atoms with Gasteiger partial charge in [-0.3, -0.25) is 0 Å². The van der Waals surface area contributed by atoms with E-state index in [1.807, 2.05) is 39.8 Å². The van der Waals surface area contributed by atoms with Gasteiger partial charge in [0.05, 0.1) is 12.7 Å². The number of aliphatic hydroxyl groups excluding tert-OH is 1. The number of carbonyl (C=O) groups excluding carboxylic acids is 1. The summed E-state index contributed by atoms with van der Waals surface area (Å²) in [5.74, 6) is 1.22. The maximum absolute atomic E-state index is 11.8. The number of benzene rings is 1. The molecule has 2 amide bonds. The summed E-state index contributed by atoms with van der Waals surface area (Å²) in [6.45, 7) is 8.79. The summed E-state index contributed by atoms with van der Waals surface area (Å²) < 4.78 is 5.45. The zero-order valence-electron chi connectivity index (χ0n) is 13.3. The summed E-state index contributed by atoms with van der Waals surface area (Å²) in [6, 6.07) is 5.17. The Morgan fingerprint density at radius 1 is 1.38 bits per heavy atom. The van der Waals surface area contributed by atoms with E-state index in [1.54, 1.807) is 6.07 Å². The lowest BCUT2D eigenvalue weighted by molar-refractivity contribution is 0.148. The Morgan fingerprint density at radius 2 is 2.10 bits per heavy atom. The van der Waals surface area contributed by atoms with Gasteiger partial charge in [-0.2, -0.15) is 0 Å².